The van der Waals surface area contributed by atoms with Crippen molar-refractivity contribution in [1.29, 1.82) is 0 Å². The van der Waals surface area contributed by atoms with Crippen LogP contribution in [0.15, 0.2) is 48.5 Å². The number of rotatable bonds is 7. The molecule has 6 heteroatoms. The van der Waals surface area contributed by atoms with E-state index in [1.54, 1.807) is 11.8 Å². The summed E-state index contributed by atoms with van der Waals surface area (Å²) in [5.41, 5.74) is 3.67. The number of nitrogens with zero attached hydrogens (tertiary/aromatic N) is 2. The third kappa shape index (κ3) is 5.94. The lowest BCUT2D eigenvalue weighted by Gasteiger charge is -2.37. The first-order chi connectivity index (χ1) is 14.8. The molecule has 1 saturated heterocycles. The van der Waals surface area contributed by atoms with Crippen molar-refractivity contribution in [3.05, 3.63) is 65.2 Å². The average molecular weight is 423 g/mol. The van der Waals surface area contributed by atoms with Gasteiger partial charge in [0.05, 0.1) is 6.42 Å². The van der Waals surface area contributed by atoms with Crippen LogP contribution in [0.2, 0.25) is 0 Å². The molecular weight excluding hydrogens is 392 g/mol. The summed E-state index contributed by atoms with van der Waals surface area (Å²) >= 11 is 0. The van der Waals surface area contributed by atoms with Gasteiger partial charge in [-0.15, -0.1) is 0 Å². The topological polar surface area (TPSA) is 66.9 Å². The van der Waals surface area contributed by atoms with Gasteiger partial charge in [-0.05, 0) is 44.5 Å². The van der Waals surface area contributed by atoms with Crippen LogP contribution in [-0.4, -0.2) is 54.8 Å². The minimum absolute atomic E-state index is 0.0361. The number of amides is 1. The summed E-state index contributed by atoms with van der Waals surface area (Å²) in [4.78, 5) is 41.3. The van der Waals surface area contributed by atoms with Crippen molar-refractivity contribution in [1.82, 2.24) is 4.90 Å². The minimum atomic E-state index is -0.855. The third-order valence-electron chi connectivity index (χ3n) is 5.62. The molecule has 0 radical (unpaired) electrons. The molecule has 1 fully saturated rings. The number of carbonyl (C=O) groups excluding carboxylic acids is 3. The highest BCUT2D eigenvalue weighted by Gasteiger charge is 2.27. The molecule has 1 aliphatic rings. The summed E-state index contributed by atoms with van der Waals surface area (Å²) in [6, 6.07) is 15.8. The fourth-order valence-electron chi connectivity index (χ4n) is 3.77. The minimum Gasteiger partial charge on any atom is -0.453 e. The highest BCUT2D eigenvalue weighted by Crippen LogP contribution is 2.17. The number of ether oxygens (including phenoxy) is 1. The van der Waals surface area contributed by atoms with Gasteiger partial charge in [0, 0.05) is 43.9 Å². The largest absolute Gasteiger partial charge is 0.453 e. The van der Waals surface area contributed by atoms with E-state index in [2.05, 4.69) is 17.0 Å². The van der Waals surface area contributed by atoms with Crippen molar-refractivity contribution >= 4 is 23.3 Å². The predicted octanol–water partition coefficient (Wildman–Crippen LogP) is 3.55. The van der Waals surface area contributed by atoms with Gasteiger partial charge in [0.2, 0.25) is 0 Å². The Morgan fingerprint density at radius 1 is 0.935 bits per heavy atom. The van der Waals surface area contributed by atoms with Crippen LogP contribution in [0.3, 0.4) is 0 Å². The van der Waals surface area contributed by atoms with Crippen LogP contribution in [0.1, 0.15) is 41.3 Å². The van der Waals surface area contributed by atoms with Gasteiger partial charge in [-0.2, -0.15) is 0 Å². The molecule has 0 saturated carbocycles. The highest BCUT2D eigenvalue weighted by molar-refractivity contribution is 5.99. The fourth-order valence-corrected chi connectivity index (χ4v) is 3.77. The summed E-state index contributed by atoms with van der Waals surface area (Å²) in [6.45, 7) is 8.04. The Balaban J connectivity index is 1.44. The van der Waals surface area contributed by atoms with Crippen molar-refractivity contribution in [2.24, 2.45) is 0 Å². The van der Waals surface area contributed by atoms with Gasteiger partial charge < -0.3 is 14.5 Å². The Morgan fingerprint density at radius 3 is 2.29 bits per heavy atom. The number of ketones is 1. The van der Waals surface area contributed by atoms with Crippen LogP contribution in [0, 0.1) is 13.8 Å². The molecule has 3 rings (SSSR count). The summed E-state index contributed by atoms with van der Waals surface area (Å²) in [7, 11) is 0. The van der Waals surface area contributed by atoms with Crippen LogP contribution < -0.4 is 4.90 Å². The summed E-state index contributed by atoms with van der Waals surface area (Å²) in [5.74, 6) is -0.807. The van der Waals surface area contributed by atoms with Crippen molar-refractivity contribution in [3.63, 3.8) is 0 Å². The predicted molar refractivity (Wildman–Crippen MR) is 120 cm³/mol. The van der Waals surface area contributed by atoms with Crippen LogP contribution in [0.25, 0.3) is 0 Å². The van der Waals surface area contributed by atoms with E-state index in [1.807, 2.05) is 50.2 Å². The number of Topliss-reactive ketones (excluding diaryl/α,β-unsaturated/α-hetero) is 1. The molecule has 0 aliphatic carbocycles. The summed E-state index contributed by atoms with van der Waals surface area (Å²) in [6.07, 6.45) is -0.822. The normalized spacial score (nSPS) is 14.8. The molecule has 1 heterocycles. The molecule has 0 bridgehead atoms. The molecule has 1 aliphatic heterocycles. The van der Waals surface area contributed by atoms with Gasteiger partial charge >= 0.3 is 5.97 Å². The second-order valence-corrected chi connectivity index (χ2v) is 8.02. The van der Waals surface area contributed by atoms with Gasteiger partial charge in [-0.25, -0.2) is 0 Å². The number of carbonyl (C=O) groups is 3. The molecule has 0 unspecified atom stereocenters. The van der Waals surface area contributed by atoms with E-state index in [-0.39, 0.29) is 24.5 Å². The van der Waals surface area contributed by atoms with E-state index in [1.165, 1.54) is 0 Å². The Labute approximate surface area is 183 Å². The Hall–Kier alpha value is -3.15. The van der Waals surface area contributed by atoms with Gasteiger partial charge in [-0.3, -0.25) is 14.4 Å². The monoisotopic (exact) mass is 422 g/mol. The number of piperazine rings is 1. The van der Waals surface area contributed by atoms with Gasteiger partial charge in [0.15, 0.2) is 11.9 Å². The highest BCUT2D eigenvalue weighted by atomic mass is 16.5. The standard InChI is InChI=1S/C25H30N2O4/c1-18-9-10-19(2)22(17-18)23(28)11-12-24(29)31-20(3)25(30)27-15-13-26(14-16-27)21-7-5-4-6-8-21/h4-10,17,20H,11-16H2,1-3H3/t20-/m1/s1. The molecule has 31 heavy (non-hydrogen) atoms. The number of hydrogen-bond donors (Lipinski definition) is 0. The van der Waals surface area contributed by atoms with Gasteiger partial charge in [0.1, 0.15) is 0 Å². The SMILES string of the molecule is Cc1ccc(C)c(C(=O)CCC(=O)O[C@H](C)C(=O)N2CCN(c3ccccc3)CC2)c1. The number of esters is 1. The van der Waals surface area contributed by atoms with Gasteiger partial charge in [-0.1, -0.05) is 35.9 Å². The van der Waals surface area contributed by atoms with Crippen molar-refractivity contribution in [2.45, 2.75) is 39.7 Å². The zero-order valence-electron chi connectivity index (χ0n) is 18.5. The third-order valence-corrected chi connectivity index (χ3v) is 5.62. The first kappa shape index (κ1) is 22.5. The zero-order valence-corrected chi connectivity index (χ0v) is 18.5. The number of aryl methyl sites for hydroxylation is 2. The second-order valence-electron chi connectivity index (χ2n) is 8.02. The fraction of sp³-hybridized carbons (Fsp3) is 0.400. The number of hydrogen-bond acceptors (Lipinski definition) is 5. The first-order valence-corrected chi connectivity index (χ1v) is 10.7. The Bertz CT molecular complexity index is 934. The van der Waals surface area contributed by atoms with E-state index in [9.17, 15) is 14.4 Å². The van der Waals surface area contributed by atoms with E-state index in [0.717, 1.165) is 29.9 Å². The Kier molecular flexibility index (Phi) is 7.45. The maximum Gasteiger partial charge on any atom is 0.307 e. The molecule has 0 spiro atoms. The summed E-state index contributed by atoms with van der Waals surface area (Å²) < 4.78 is 5.32. The molecule has 1 amide bonds. The molecule has 0 N–H and O–H groups in total. The second kappa shape index (κ2) is 10.2. The molecular formula is C25H30N2O4. The number of benzene rings is 2. The molecule has 164 valence electrons. The lowest BCUT2D eigenvalue weighted by molar-refractivity contribution is -0.159. The van der Waals surface area contributed by atoms with Crippen molar-refractivity contribution < 1.29 is 19.1 Å². The molecule has 2 aromatic rings. The number of anilines is 1. The molecule has 2 aromatic carbocycles. The van der Waals surface area contributed by atoms with E-state index < -0.39 is 12.1 Å². The summed E-state index contributed by atoms with van der Waals surface area (Å²) in [5, 5.41) is 0. The molecule has 6 nitrogen and oxygen atoms in total. The maximum atomic E-state index is 12.7. The number of para-hydroxylation sites is 1. The van der Waals surface area contributed by atoms with Crippen molar-refractivity contribution in [3.8, 4) is 0 Å². The average Bonchev–Trinajstić information content (AvgIpc) is 2.79. The maximum absolute atomic E-state index is 12.7. The molecule has 0 aromatic heterocycles. The smallest absolute Gasteiger partial charge is 0.307 e. The van der Waals surface area contributed by atoms with Crippen LogP contribution in [0.5, 0.6) is 0 Å². The van der Waals surface area contributed by atoms with Crippen LogP contribution in [0.4, 0.5) is 5.69 Å². The molecule has 1 atom stereocenters. The van der Waals surface area contributed by atoms with Crippen molar-refractivity contribution in [2.75, 3.05) is 31.1 Å². The lowest BCUT2D eigenvalue weighted by atomic mass is 9.99. The van der Waals surface area contributed by atoms with Crippen LogP contribution in [-0.2, 0) is 14.3 Å². The first-order valence-electron chi connectivity index (χ1n) is 10.7. The lowest BCUT2D eigenvalue weighted by Crippen LogP contribution is -2.51. The van der Waals surface area contributed by atoms with E-state index in [0.29, 0.717) is 18.7 Å². The Morgan fingerprint density at radius 2 is 1.61 bits per heavy atom. The van der Waals surface area contributed by atoms with E-state index >= 15 is 0 Å². The zero-order chi connectivity index (χ0) is 22.4. The quantitative estimate of drug-likeness (QED) is 0.504. The van der Waals surface area contributed by atoms with Gasteiger partial charge in [0.25, 0.3) is 5.91 Å². The van der Waals surface area contributed by atoms with E-state index in [4.69, 9.17) is 4.74 Å². The van der Waals surface area contributed by atoms with Crippen LogP contribution >= 0.6 is 0 Å².